The molecule has 0 unspecified atom stereocenters. The van der Waals surface area contributed by atoms with Crippen LogP contribution < -0.4 is 0 Å². The largest absolute Gasteiger partial charge is 0.248 e. The molecule has 2 aromatic rings. The lowest BCUT2D eigenvalue weighted by Gasteiger charge is -2.00. The van der Waals surface area contributed by atoms with Gasteiger partial charge in [-0.2, -0.15) is 0 Å². The average Bonchev–Trinajstić information content (AvgIpc) is 2.25. The number of hydrogen-bond donors (Lipinski definition) is 0. The number of benzene rings is 1. The van der Waals surface area contributed by atoms with E-state index in [1.54, 1.807) is 18.0 Å². The summed E-state index contributed by atoms with van der Waals surface area (Å²) in [5, 5.41) is 1.73. The molecular weight excluding hydrogens is 294 g/mol. The Bertz CT molecular complexity index is 398. The van der Waals surface area contributed by atoms with Crippen molar-refractivity contribution in [1.29, 1.82) is 0 Å². The first-order valence-electron chi connectivity index (χ1n) is 4.29. The molecule has 4 heteroatoms. The highest BCUT2D eigenvalue weighted by Gasteiger charge is 1.98. The molecule has 15 heavy (non-hydrogen) atoms. The zero-order valence-corrected chi connectivity index (χ0v) is 10.8. The summed E-state index contributed by atoms with van der Waals surface area (Å²) in [4.78, 5) is 5.41. The summed E-state index contributed by atoms with van der Waals surface area (Å²) >= 11 is 10.8. The Morgan fingerprint density at radius 3 is 2.40 bits per heavy atom. The fourth-order valence-corrected chi connectivity index (χ4v) is 2.16. The second-order valence-electron chi connectivity index (χ2n) is 2.87. The average molecular weight is 301 g/mol. The van der Waals surface area contributed by atoms with Crippen molar-refractivity contribution in [2.45, 2.75) is 9.92 Å². The van der Waals surface area contributed by atoms with Crippen LogP contribution in [0.25, 0.3) is 0 Å². The van der Waals surface area contributed by atoms with Gasteiger partial charge >= 0.3 is 0 Å². The topological polar surface area (TPSA) is 12.9 Å². The van der Waals surface area contributed by atoms with Crippen LogP contribution in [0.1, 0.15) is 0 Å². The summed E-state index contributed by atoms with van der Waals surface area (Å²) in [5.41, 5.74) is 0. The van der Waals surface area contributed by atoms with Crippen LogP contribution in [0.4, 0.5) is 0 Å². The van der Waals surface area contributed by atoms with Crippen LogP contribution in [0.3, 0.4) is 0 Å². The summed E-state index contributed by atoms with van der Waals surface area (Å²) in [6.07, 6.45) is 1.79. The van der Waals surface area contributed by atoms with E-state index in [0.29, 0.717) is 0 Å². The van der Waals surface area contributed by atoms with Crippen LogP contribution in [-0.4, -0.2) is 4.98 Å². The molecule has 1 nitrogen and oxygen atoms in total. The molecule has 0 N–H and O–H groups in total. The molecule has 0 atom stereocenters. The summed E-state index contributed by atoms with van der Waals surface area (Å²) in [7, 11) is 0. The van der Waals surface area contributed by atoms with Gasteiger partial charge in [0.2, 0.25) is 0 Å². The molecule has 0 aliphatic carbocycles. The van der Waals surface area contributed by atoms with E-state index in [1.165, 1.54) is 0 Å². The smallest absolute Gasteiger partial charge is 0.101 e. The fraction of sp³-hybridized carbons (Fsp3) is 0. The Morgan fingerprint density at radius 1 is 1.07 bits per heavy atom. The highest BCUT2D eigenvalue weighted by Crippen LogP contribution is 2.27. The van der Waals surface area contributed by atoms with E-state index in [1.807, 2.05) is 36.4 Å². The van der Waals surface area contributed by atoms with Crippen LogP contribution >= 0.6 is 39.3 Å². The molecule has 0 radical (unpaired) electrons. The van der Waals surface area contributed by atoms with E-state index in [-0.39, 0.29) is 0 Å². The summed E-state index contributed by atoms with van der Waals surface area (Å²) < 4.78 is 0.989. The summed E-state index contributed by atoms with van der Waals surface area (Å²) in [6, 6.07) is 11.7. The lowest BCUT2D eigenvalue weighted by molar-refractivity contribution is 1.12. The standard InChI is InChI=1S/C11H7BrClNS/c12-8-1-6-11(14-7-8)15-10-4-2-9(13)3-5-10/h1-7H. The number of pyridine rings is 1. The maximum atomic E-state index is 5.80. The Labute approximate surface area is 106 Å². The minimum Gasteiger partial charge on any atom is -0.248 e. The molecule has 0 fully saturated rings. The van der Waals surface area contributed by atoms with Crippen molar-refractivity contribution in [1.82, 2.24) is 4.98 Å². The maximum Gasteiger partial charge on any atom is 0.101 e. The predicted octanol–water partition coefficient (Wildman–Crippen LogP) is 4.65. The predicted molar refractivity (Wildman–Crippen MR) is 67.5 cm³/mol. The third-order valence-electron chi connectivity index (χ3n) is 1.74. The molecule has 1 aromatic carbocycles. The Morgan fingerprint density at radius 2 is 1.80 bits per heavy atom. The third-order valence-corrected chi connectivity index (χ3v) is 3.42. The van der Waals surface area contributed by atoms with Crippen LogP contribution in [-0.2, 0) is 0 Å². The quantitative estimate of drug-likeness (QED) is 0.801. The number of hydrogen-bond acceptors (Lipinski definition) is 2. The Balaban J connectivity index is 2.15. The molecule has 0 spiro atoms. The highest BCUT2D eigenvalue weighted by atomic mass is 79.9. The van der Waals surface area contributed by atoms with E-state index in [2.05, 4.69) is 20.9 Å². The van der Waals surface area contributed by atoms with Gasteiger partial charge in [0.15, 0.2) is 0 Å². The van der Waals surface area contributed by atoms with Crippen LogP contribution in [0, 0.1) is 0 Å². The zero-order valence-electron chi connectivity index (χ0n) is 7.65. The number of aromatic nitrogens is 1. The minimum atomic E-state index is 0.753. The SMILES string of the molecule is Clc1ccc(Sc2ccc(Br)cn2)cc1. The van der Waals surface area contributed by atoms with Crippen LogP contribution in [0.15, 0.2) is 57.0 Å². The van der Waals surface area contributed by atoms with Crippen LogP contribution in [0.5, 0.6) is 0 Å². The molecule has 0 aliphatic rings. The van der Waals surface area contributed by atoms with Crippen LogP contribution in [0.2, 0.25) is 5.02 Å². The van der Waals surface area contributed by atoms with Crippen molar-refractivity contribution in [2.24, 2.45) is 0 Å². The molecule has 2 rings (SSSR count). The molecule has 0 saturated carbocycles. The number of halogens is 2. The van der Waals surface area contributed by atoms with Gasteiger partial charge in [0, 0.05) is 20.6 Å². The number of nitrogens with zero attached hydrogens (tertiary/aromatic N) is 1. The molecule has 0 bridgehead atoms. The van der Waals surface area contributed by atoms with Gasteiger partial charge in [-0.15, -0.1) is 0 Å². The Hall–Kier alpha value is -0.510. The lowest BCUT2D eigenvalue weighted by atomic mass is 10.4. The van der Waals surface area contributed by atoms with Gasteiger partial charge < -0.3 is 0 Å². The molecule has 0 saturated heterocycles. The van der Waals surface area contributed by atoms with E-state index >= 15 is 0 Å². The highest BCUT2D eigenvalue weighted by molar-refractivity contribution is 9.10. The molecular formula is C11H7BrClNS. The Kier molecular flexibility index (Phi) is 3.67. The normalized spacial score (nSPS) is 10.3. The first kappa shape index (κ1) is 11.0. The molecule has 1 aromatic heterocycles. The molecule has 0 amide bonds. The van der Waals surface area contributed by atoms with Gasteiger partial charge in [-0.3, -0.25) is 0 Å². The van der Waals surface area contributed by atoms with Gasteiger partial charge in [0.25, 0.3) is 0 Å². The van der Waals surface area contributed by atoms with Gasteiger partial charge in [-0.25, -0.2) is 4.98 Å². The van der Waals surface area contributed by atoms with Crippen molar-refractivity contribution in [3.63, 3.8) is 0 Å². The lowest BCUT2D eigenvalue weighted by Crippen LogP contribution is -1.78. The van der Waals surface area contributed by atoms with Crippen molar-refractivity contribution in [2.75, 3.05) is 0 Å². The second-order valence-corrected chi connectivity index (χ2v) is 5.32. The second kappa shape index (κ2) is 5.01. The van der Waals surface area contributed by atoms with Crippen molar-refractivity contribution in [3.8, 4) is 0 Å². The monoisotopic (exact) mass is 299 g/mol. The van der Waals surface area contributed by atoms with Gasteiger partial charge in [0.1, 0.15) is 5.03 Å². The van der Waals surface area contributed by atoms with Gasteiger partial charge in [0.05, 0.1) is 0 Å². The maximum absolute atomic E-state index is 5.80. The first-order chi connectivity index (χ1) is 7.24. The molecule has 76 valence electrons. The third kappa shape index (κ3) is 3.23. The van der Waals surface area contributed by atoms with E-state index in [4.69, 9.17) is 11.6 Å². The van der Waals surface area contributed by atoms with Crippen molar-refractivity contribution in [3.05, 3.63) is 52.1 Å². The minimum absolute atomic E-state index is 0.753. The van der Waals surface area contributed by atoms with Crippen molar-refractivity contribution >= 4 is 39.3 Å². The van der Waals surface area contributed by atoms with E-state index in [9.17, 15) is 0 Å². The summed E-state index contributed by atoms with van der Waals surface area (Å²) in [6.45, 7) is 0. The fourth-order valence-electron chi connectivity index (χ4n) is 1.05. The molecule has 0 aliphatic heterocycles. The summed E-state index contributed by atoms with van der Waals surface area (Å²) in [5.74, 6) is 0. The van der Waals surface area contributed by atoms with E-state index in [0.717, 1.165) is 19.4 Å². The first-order valence-corrected chi connectivity index (χ1v) is 6.28. The molecule has 1 heterocycles. The van der Waals surface area contributed by atoms with Gasteiger partial charge in [-0.05, 0) is 52.3 Å². The van der Waals surface area contributed by atoms with E-state index < -0.39 is 0 Å². The zero-order chi connectivity index (χ0) is 10.7. The number of rotatable bonds is 2. The van der Waals surface area contributed by atoms with Gasteiger partial charge in [-0.1, -0.05) is 23.4 Å². The van der Waals surface area contributed by atoms with Crippen molar-refractivity contribution < 1.29 is 0 Å².